The molecule has 0 saturated carbocycles. The van der Waals surface area contributed by atoms with Gasteiger partial charge < -0.3 is 10.2 Å². The van der Waals surface area contributed by atoms with Gasteiger partial charge in [0.25, 0.3) is 0 Å². The monoisotopic (exact) mass is 347 g/mol. The van der Waals surface area contributed by atoms with Crippen LogP contribution in [0.5, 0.6) is 0 Å². The van der Waals surface area contributed by atoms with Gasteiger partial charge in [-0.2, -0.15) is 5.26 Å². The second-order valence-corrected chi connectivity index (χ2v) is 6.97. The van der Waals surface area contributed by atoms with E-state index >= 15 is 0 Å². The lowest BCUT2D eigenvalue weighted by atomic mass is 9.90. The molecule has 0 bridgehead atoms. The summed E-state index contributed by atoms with van der Waals surface area (Å²) in [6.07, 6.45) is 4.03. The first-order chi connectivity index (χ1) is 12.7. The predicted molar refractivity (Wildman–Crippen MR) is 104 cm³/mol. The normalized spacial score (nSPS) is 15.3. The molecule has 1 aliphatic heterocycles. The number of nitriles is 1. The Morgan fingerprint density at radius 1 is 1.12 bits per heavy atom. The van der Waals surface area contributed by atoms with Crippen LogP contribution in [0.2, 0.25) is 0 Å². The third-order valence-electron chi connectivity index (χ3n) is 5.00. The zero-order valence-electron chi connectivity index (χ0n) is 15.0. The SMILES string of the molecule is N#Cc1cccc(NC(=O)CCN2CCC(Cc3ccccc3)CC2)c1. The Labute approximate surface area is 155 Å². The van der Waals surface area contributed by atoms with Crippen LogP contribution in [-0.4, -0.2) is 30.4 Å². The number of carbonyl (C=O) groups excluding carboxylic acids is 1. The first-order valence-corrected chi connectivity index (χ1v) is 9.29. The minimum atomic E-state index is 0.00602. The van der Waals surface area contributed by atoms with Crippen molar-refractivity contribution in [2.75, 3.05) is 25.0 Å². The molecule has 0 radical (unpaired) electrons. The molecule has 0 spiro atoms. The highest BCUT2D eigenvalue weighted by Gasteiger charge is 2.19. The van der Waals surface area contributed by atoms with Crippen LogP contribution in [0.25, 0.3) is 0 Å². The maximum Gasteiger partial charge on any atom is 0.225 e. The second kappa shape index (κ2) is 9.17. The molecule has 2 aromatic rings. The molecule has 4 heteroatoms. The average molecular weight is 347 g/mol. The fourth-order valence-electron chi connectivity index (χ4n) is 3.51. The van der Waals surface area contributed by atoms with E-state index in [9.17, 15) is 4.79 Å². The van der Waals surface area contributed by atoms with Gasteiger partial charge in [0.2, 0.25) is 5.91 Å². The Morgan fingerprint density at radius 2 is 1.88 bits per heavy atom. The van der Waals surface area contributed by atoms with E-state index < -0.39 is 0 Å². The van der Waals surface area contributed by atoms with E-state index in [0.29, 0.717) is 17.7 Å². The van der Waals surface area contributed by atoms with Gasteiger partial charge in [0.15, 0.2) is 0 Å². The molecule has 0 atom stereocenters. The number of carbonyl (C=O) groups is 1. The van der Waals surface area contributed by atoms with Crippen molar-refractivity contribution in [3.8, 4) is 6.07 Å². The molecule has 1 fully saturated rings. The lowest BCUT2D eigenvalue weighted by Crippen LogP contribution is -2.36. The average Bonchev–Trinajstić information content (AvgIpc) is 2.68. The smallest absolute Gasteiger partial charge is 0.225 e. The molecule has 134 valence electrons. The molecule has 1 heterocycles. The lowest BCUT2D eigenvalue weighted by Gasteiger charge is -2.31. The zero-order valence-corrected chi connectivity index (χ0v) is 15.0. The molecule has 1 aliphatic rings. The van der Waals surface area contributed by atoms with E-state index in [-0.39, 0.29) is 5.91 Å². The summed E-state index contributed by atoms with van der Waals surface area (Å²) in [5, 5.41) is 11.8. The topological polar surface area (TPSA) is 56.1 Å². The molecular weight excluding hydrogens is 322 g/mol. The van der Waals surface area contributed by atoms with Gasteiger partial charge in [0.05, 0.1) is 11.6 Å². The van der Waals surface area contributed by atoms with Crippen LogP contribution in [-0.2, 0) is 11.2 Å². The number of rotatable bonds is 6. The van der Waals surface area contributed by atoms with E-state index in [1.165, 1.54) is 18.4 Å². The highest BCUT2D eigenvalue weighted by molar-refractivity contribution is 5.90. The molecule has 2 aromatic carbocycles. The van der Waals surface area contributed by atoms with E-state index in [1.807, 2.05) is 6.07 Å². The van der Waals surface area contributed by atoms with Crippen molar-refractivity contribution >= 4 is 11.6 Å². The summed E-state index contributed by atoms with van der Waals surface area (Å²) in [6, 6.07) is 19.8. The molecule has 0 aliphatic carbocycles. The van der Waals surface area contributed by atoms with E-state index in [2.05, 4.69) is 46.6 Å². The number of hydrogen-bond acceptors (Lipinski definition) is 3. The molecule has 1 amide bonds. The van der Waals surface area contributed by atoms with Crippen LogP contribution in [0.3, 0.4) is 0 Å². The summed E-state index contributed by atoms with van der Waals surface area (Å²) in [6.45, 7) is 2.92. The number of anilines is 1. The van der Waals surface area contributed by atoms with Crippen molar-refractivity contribution in [3.05, 3.63) is 65.7 Å². The summed E-state index contributed by atoms with van der Waals surface area (Å²) in [7, 11) is 0. The van der Waals surface area contributed by atoms with Gasteiger partial charge in [-0.1, -0.05) is 36.4 Å². The molecule has 0 unspecified atom stereocenters. The number of amides is 1. The van der Waals surface area contributed by atoms with Crippen molar-refractivity contribution < 1.29 is 4.79 Å². The van der Waals surface area contributed by atoms with E-state index in [1.54, 1.807) is 18.2 Å². The second-order valence-electron chi connectivity index (χ2n) is 6.97. The number of likely N-dealkylation sites (tertiary alicyclic amines) is 1. The summed E-state index contributed by atoms with van der Waals surface area (Å²) in [5.74, 6) is 0.752. The largest absolute Gasteiger partial charge is 0.326 e. The standard InChI is InChI=1S/C22H25N3O/c23-17-20-7-4-8-21(16-20)24-22(26)11-14-25-12-9-19(10-13-25)15-18-5-2-1-3-6-18/h1-8,16,19H,9-15H2,(H,24,26). The van der Waals surface area contributed by atoms with Gasteiger partial charge in [0.1, 0.15) is 0 Å². The molecule has 1 saturated heterocycles. The zero-order chi connectivity index (χ0) is 18.2. The Bertz CT molecular complexity index is 758. The van der Waals surface area contributed by atoms with Crippen LogP contribution in [0.4, 0.5) is 5.69 Å². The van der Waals surface area contributed by atoms with Gasteiger partial charge in [0, 0.05) is 18.7 Å². The van der Waals surface area contributed by atoms with Crippen LogP contribution >= 0.6 is 0 Å². The van der Waals surface area contributed by atoms with Crippen molar-refractivity contribution in [2.24, 2.45) is 5.92 Å². The minimum Gasteiger partial charge on any atom is -0.326 e. The lowest BCUT2D eigenvalue weighted by molar-refractivity contribution is -0.116. The van der Waals surface area contributed by atoms with Crippen molar-refractivity contribution in [3.63, 3.8) is 0 Å². The van der Waals surface area contributed by atoms with Crippen LogP contribution < -0.4 is 5.32 Å². The van der Waals surface area contributed by atoms with Gasteiger partial charge in [-0.15, -0.1) is 0 Å². The molecule has 0 aromatic heterocycles. The Kier molecular flexibility index (Phi) is 6.40. The number of nitrogens with one attached hydrogen (secondary N) is 1. The molecule has 26 heavy (non-hydrogen) atoms. The first-order valence-electron chi connectivity index (χ1n) is 9.29. The number of hydrogen-bond donors (Lipinski definition) is 1. The molecule has 1 N–H and O–H groups in total. The number of nitrogens with zero attached hydrogens (tertiary/aromatic N) is 2. The highest BCUT2D eigenvalue weighted by Crippen LogP contribution is 2.21. The van der Waals surface area contributed by atoms with Gasteiger partial charge in [-0.25, -0.2) is 0 Å². The van der Waals surface area contributed by atoms with Gasteiger partial charge in [-0.05, 0) is 62.0 Å². The first kappa shape index (κ1) is 18.2. The van der Waals surface area contributed by atoms with Crippen molar-refractivity contribution in [1.82, 2.24) is 4.90 Å². The maximum absolute atomic E-state index is 12.1. The van der Waals surface area contributed by atoms with E-state index in [0.717, 1.165) is 32.0 Å². The summed E-state index contributed by atoms with van der Waals surface area (Å²) < 4.78 is 0. The summed E-state index contributed by atoms with van der Waals surface area (Å²) >= 11 is 0. The van der Waals surface area contributed by atoms with Gasteiger partial charge >= 0.3 is 0 Å². The van der Waals surface area contributed by atoms with Crippen molar-refractivity contribution in [2.45, 2.75) is 25.7 Å². The third-order valence-corrected chi connectivity index (χ3v) is 5.00. The third kappa shape index (κ3) is 5.44. The summed E-state index contributed by atoms with van der Waals surface area (Å²) in [5.41, 5.74) is 2.67. The highest BCUT2D eigenvalue weighted by atomic mass is 16.1. The van der Waals surface area contributed by atoms with Crippen LogP contribution in [0.1, 0.15) is 30.4 Å². The predicted octanol–water partition coefficient (Wildman–Crippen LogP) is 3.84. The number of benzene rings is 2. The van der Waals surface area contributed by atoms with Gasteiger partial charge in [-0.3, -0.25) is 4.79 Å². The Hall–Kier alpha value is -2.64. The van der Waals surface area contributed by atoms with Crippen molar-refractivity contribution in [1.29, 1.82) is 5.26 Å². The molecule has 3 rings (SSSR count). The summed E-state index contributed by atoms with van der Waals surface area (Å²) in [4.78, 5) is 14.5. The molecule has 4 nitrogen and oxygen atoms in total. The fraction of sp³-hybridized carbons (Fsp3) is 0.364. The molecular formula is C22H25N3O. The maximum atomic E-state index is 12.1. The van der Waals surface area contributed by atoms with Crippen LogP contribution in [0.15, 0.2) is 54.6 Å². The Morgan fingerprint density at radius 3 is 2.62 bits per heavy atom. The quantitative estimate of drug-likeness (QED) is 0.864. The van der Waals surface area contributed by atoms with Crippen LogP contribution in [0, 0.1) is 17.2 Å². The van der Waals surface area contributed by atoms with E-state index in [4.69, 9.17) is 5.26 Å². The number of piperidine rings is 1. The fourth-order valence-corrected chi connectivity index (χ4v) is 3.51. The Balaban J connectivity index is 1.38. The minimum absolute atomic E-state index is 0.00602.